The Morgan fingerprint density at radius 1 is 1.21 bits per heavy atom. The summed E-state index contributed by atoms with van der Waals surface area (Å²) in [6.07, 6.45) is 5.10. The summed E-state index contributed by atoms with van der Waals surface area (Å²) in [5.74, 6) is 1.06. The summed E-state index contributed by atoms with van der Waals surface area (Å²) < 4.78 is 7.07. The van der Waals surface area contributed by atoms with Crippen LogP contribution in [0, 0.1) is 6.92 Å². The number of hydrogen-bond acceptors (Lipinski definition) is 8. The van der Waals surface area contributed by atoms with Gasteiger partial charge in [-0.1, -0.05) is 17.7 Å². The fraction of sp³-hybridized carbons (Fsp3) is 0.391. The van der Waals surface area contributed by atoms with Crippen molar-refractivity contribution < 1.29 is 4.74 Å². The number of nitrogens with one attached hydrogen (secondary N) is 2. The quantitative estimate of drug-likeness (QED) is 0.469. The van der Waals surface area contributed by atoms with E-state index in [9.17, 15) is 9.59 Å². The molecule has 178 valence electrons. The summed E-state index contributed by atoms with van der Waals surface area (Å²) >= 11 is 6.14. The lowest BCUT2D eigenvalue weighted by molar-refractivity contribution is 0.211. The first kappa shape index (κ1) is 22.6. The molecule has 1 aromatic carbocycles. The molecule has 11 heteroatoms. The Kier molecular flexibility index (Phi) is 6.36. The molecule has 4 heterocycles. The third-order valence-corrected chi connectivity index (χ3v) is 6.51. The fourth-order valence-corrected chi connectivity index (χ4v) is 4.36. The third-order valence-electron chi connectivity index (χ3n) is 6.10. The van der Waals surface area contributed by atoms with Crippen molar-refractivity contribution in [2.75, 3.05) is 30.0 Å². The second kappa shape index (κ2) is 9.57. The van der Waals surface area contributed by atoms with E-state index >= 15 is 0 Å². The molecule has 10 nitrogen and oxygen atoms in total. The number of aromatic nitrogens is 4. The summed E-state index contributed by atoms with van der Waals surface area (Å²) in [5, 5.41) is 3.63. The number of aromatic amines is 1. The van der Waals surface area contributed by atoms with Crippen LogP contribution in [0.2, 0.25) is 5.02 Å². The van der Waals surface area contributed by atoms with Gasteiger partial charge in [0.05, 0.1) is 12.8 Å². The van der Waals surface area contributed by atoms with Crippen LogP contribution in [0.3, 0.4) is 0 Å². The molecule has 2 N–H and O–H groups in total. The minimum atomic E-state index is -0.445. The van der Waals surface area contributed by atoms with Crippen LogP contribution in [-0.2, 0) is 11.3 Å². The van der Waals surface area contributed by atoms with E-state index in [1.54, 1.807) is 24.5 Å². The third kappa shape index (κ3) is 4.98. The van der Waals surface area contributed by atoms with Gasteiger partial charge in [0.2, 0.25) is 5.95 Å². The van der Waals surface area contributed by atoms with Crippen LogP contribution in [-0.4, -0.2) is 56.5 Å². The SMILES string of the molecule is Cc1ccc(Nc2cc(=O)n(CCCC3OC3N3CCN(c4ncccn4)C3)c(=O)[nH]2)cc1Cl. The molecule has 0 amide bonds. The zero-order valence-corrected chi connectivity index (χ0v) is 19.5. The van der Waals surface area contributed by atoms with Crippen molar-refractivity contribution in [1.82, 2.24) is 24.4 Å². The van der Waals surface area contributed by atoms with Gasteiger partial charge in [0.25, 0.3) is 5.56 Å². The van der Waals surface area contributed by atoms with Crippen LogP contribution >= 0.6 is 11.6 Å². The average molecular weight is 484 g/mol. The van der Waals surface area contributed by atoms with Gasteiger partial charge >= 0.3 is 5.69 Å². The molecular weight excluding hydrogens is 458 g/mol. The minimum absolute atomic E-state index is 0.0663. The summed E-state index contributed by atoms with van der Waals surface area (Å²) in [5.41, 5.74) is 0.847. The van der Waals surface area contributed by atoms with E-state index < -0.39 is 5.69 Å². The highest BCUT2D eigenvalue weighted by molar-refractivity contribution is 6.31. The molecule has 2 unspecified atom stereocenters. The van der Waals surface area contributed by atoms with Crippen LogP contribution in [0.4, 0.5) is 17.5 Å². The largest absolute Gasteiger partial charge is 0.353 e. The van der Waals surface area contributed by atoms with E-state index in [1.165, 1.54) is 10.6 Å². The number of nitrogens with zero attached hydrogens (tertiary/aromatic N) is 5. The highest BCUT2D eigenvalue weighted by atomic mass is 35.5. The van der Waals surface area contributed by atoms with Crippen LogP contribution in [0.5, 0.6) is 0 Å². The molecule has 34 heavy (non-hydrogen) atoms. The van der Waals surface area contributed by atoms with Gasteiger partial charge in [0, 0.05) is 48.8 Å². The Morgan fingerprint density at radius 2 is 2.03 bits per heavy atom. The van der Waals surface area contributed by atoms with Gasteiger partial charge in [-0.2, -0.15) is 0 Å². The van der Waals surface area contributed by atoms with E-state index in [4.69, 9.17) is 16.3 Å². The molecule has 0 aliphatic carbocycles. The molecule has 2 aliphatic heterocycles. The number of H-pyrrole nitrogens is 1. The highest BCUT2D eigenvalue weighted by Gasteiger charge is 2.45. The number of rotatable bonds is 8. The maximum atomic E-state index is 12.5. The predicted molar refractivity (Wildman–Crippen MR) is 130 cm³/mol. The maximum Gasteiger partial charge on any atom is 0.329 e. The number of benzene rings is 1. The van der Waals surface area contributed by atoms with Gasteiger partial charge in [-0.25, -0.2) is 14.8 Å². The van der Waals surface area contributed by atoms with Crippen LogP contribution in [0.25, 0.3) is 0 Å². The number of halogens is 1. The second-order valence-corrected chi connectivity index (χ2v) is 8.95. The topological polar surface area (TPSA) is 112 Å². The van der Waals surface area contributed by atoms with Gasteiger partial charge in [-0.05, 0) is 43.5 Å². The molecule has 0 radical (unpaired) electrons. The predicted octanol–water partition coefficient (Wildman–Crippen LogP) is 2.32. The smallest absolute Gasteiger partial charge is 0.329 e. The van der Waals surface area contributed by atoms with E-state index in [0.29, 0.717) is 29.5 Å². The lowest BCUT2D eigenvalue weighted by atomic mass is 10.2. The average Bonchev–Trinajstić information content (AvgIpc) is 3.42. The lowest BCUT2D eigenvalue weighted by Crippen LogP contribution is -2.35. The molecule has 2 aliphatic rings. The second-order valence-electron chi connectivity index (χ2n) is 8.54. The molecule has 5 rings (SSSR count). The normalized spacial score (nSPS) is 20.0. The summed E-state index contributed by atoms with van der Waals surface area (Å²) in [7, 11) is 0. The molecule has 2 saturated heterocycles. The first-order valence-corrected chi connectivity index (χ1v) is 11.6. The number of hydrogen-bond donors (Lipinski definition) is 2. The van der Waals surface area contributed by atoms with Crippen molar-refractivity contribution in [2.45, 2.75) is 38.6 Å². The van der Waals surface area contributed by atoms with Crippen molar-refractivity contribution in [3.63, 3.8) is 0 Å². The van der Waals surface area contributed by atoms with Gasteiger partial charge < -0.3 is 15.0 Å². The molecule has 2 fully saturated rings. The molecule has 0 saturated carbocycles. The van der Waals surface area contributed by atoms with Gasteiger partial charge in [0.1, 0.15) is 12.0 Å². The summed E-state index contributed by atoms with van der Waals surface area (Å²) in [6.45, 7) is 4.71. The number of epoxide rings is 1. The van der Waals surface area contributed by atoms with Gasteiger partial charge in [-0.3, -0.25) is 19.2 Å². The Labute approximate surface area is 201 Å². The molecular formula is C23H26ClN7O3. The van der Waals surface area contributed by atoms with E-state index in [2.05, 4.69) is 30.1 Å². The van der Waals surface area contributed by atoms with Crippen molar-refractivity contribution in [3.8, 4) is 0 Å². The Balaban J connectivity index is 1.12. The minimum Gasteiger partial charge on any atom is -0.353 e. The number of aryl methyl sites for hydroxylation is 1. The van der Waals surface area contributed by atoms with Crippen LogP contribution < -0.4 is 21.5 Å². The molecule has 2 atom stereocenters. The number of anilines is 3. The Bertz CT molecular complexity index is 1250. The zero-order valence-electron chi connectivity index (χ0n) is 18.8. The monoisotopic (exact) mass is 483 g/mol. The maximum absolute atomic E-state index is 12.5. The summed E-state index contributed by atoms with van der Waals surface area (Å²) in [4.78, 5) is 40.7. The van der Waals surface area contributed by atoms with Crippen LogP contribution in [0.15, 0.2) is 52.3 Å². The standard InChI is InChI=1S/C23H26ClN7O3/c1-15-5-6-16(12-17(15)24)27-19-13-20(32)31(23(33)28-19)9-2-4-18-21(34-18)29-10-11-30(14-29)22-25-7-3-8-26-22/h3,5-8,12-13,18,21,27H,2,4,9-11,14H2,1H3,(H,28,33). The van der Waals surface area contributed by atoms with Crippen molar-refractivity contribution in [3.05, 3.63) is 74.1 Å². The molecule has 0 bridgehead atoms. The molecule has 3 aromatic rings. The van der Waals surface area contributed by atoms with E-state index in [0.717, 1.165) is 37.7 Å². The van der Waals surface area contributed by atoms with E-state index in [-0.39, 0.29) is 17.9 Å². The molecule has 0 spiro atoms. The highest BCUT2D eigenvalue weighted by Crippen LogP contribution is 2.32. The van der Waals surface area contributed by atoms with Gasteiger partial charge in [0.15, 0.2) is 0 Å². The van der Waals surface area contributed by atoms with Crippen molar-refractivity contribution >= 4 is 29.1 Å². The number of ether oxygens (including phenoxy) is 1. The molecule has 2 aromatic heterocycles. The lowest BCUT2D eigenvalue weighted by Gasteiger charge is -2.16. The van der Waals surface area contributed by atoms with Crippen LogP contribution in [0.1, 0.15) is 18.4 Å². The van der Waals surface area contributed by atoms with Gasteiger partial charge in [-0.15, -0.1) is 0 Å². The zero-order chi connectivity index (χ0) is 23.7. The summed E-state index contributed by atoms with van der Waals surface area (Å²) in [6, 6.07) is 8.64. The Hall–Kier alpha value is -3.21. The van der Waals surface area contributed by atoms with Crippen molar-refractivity contribution in [1.29, 1.82) is 0 Å². The first-order valence-electron chi connectivity index (χ1n) is 11.3. The fourth-order valence-electron chi connectivity index (χ4n) is 4.18. The van der Waals surface area contributed by atoms with E-state index in [1.807, 2.05) is 19.1 Å². The Morgan fingerprint density at radius 3 is 2.79 bits per heavy atom. The van der Waals surface area contributed by atoms with Crippen molar-refractivity contribution in [2.24, 2.45) is 0 Å². The first-order chi connectivity index (χ1) is 16.5.